The molecular formula is C24H24N2O3. The molecule has 0 spiro atoms. The first-order valence-corrected chi connectivity index (χ1v) is 9.57. The van der Waals surface area contributed by atoms with Crippen LogP contribution in [-0.4, -0.2) is 18.5 Å². The molecule has 0 heterocycles. The highest BCUT2D eigenvalue weighted by Gasteiger charge is 2.10. The smallest absolute Gasteiger partial charge is 0.306 e. The molecule has 0 saturated carbocycles. The second-order valence-electron chi connectivity index (χ2n) is 6.62. The van der Waals surface area contributed by atoms with E-state index in [4.69, 9.17) is 10.5 Å². The van der Waals surface area contributed by atoms with E-state index in [1.807, 2.05) is 54.6 Å². The lowest BCUT2D eigenvalue weighted by atomic mass is 10.0. The van der Waals surface area contributed by atoms with Crippen LogP contribution in [0.1, 0.15) is 29.3 Å². The van der Waals surface area contributed by atoms with Crippen molar-refractivity contribution in [1.82, 2.24) is 0 Å². The van der Waals surface area contributed by atoms with Crippen molar-refractivity contribution < 1.29 is 14.3 Å². The maximum absolute atomic E-state index is 12.6. The zero-order chi connectivity index (χ0) is 20.6. The highest BCUT2D eigenvalue weighted by Crippen LogP contribution is 2.27. The summed E-state index contributed by atoms with van der Waals surface area (Å²) in [5.74, 6) is -0.457. The molecule has 148 valence electrons. The molecule has 3 aromatic carbocycles. The van der Waals surface area contributed by atoms with E-state index in [1.54, 1.807) is 25.1 Å². The molecular weight excluding hydrogens is 364 g/mol. The number of carbonyl (C=O) groups is 2. The molecule has 0 saturated heterocycles. The van der Waals surface area contributed by atoms with Crippen LogP contribution < -0.4 is 11.1 Å². The molecule has 0 aromatic heterocycles. The third-order valence-electron chi connectivity index (χ3n) is 4.55. The van der Waals surface area contributed by atoms with Crippen molar-refractivity contribution in [2.24, 2.45) is 0 Å². The Morgan fingerprint density at radius 3 is 2.34 bits per heavy atom. The monoisotopic (exact) mass is 388 g/mol. The summed E-state index contributed by atoms with van der Waals surface area (Å²) >= 11 is 0. The summed E-state index contributed by atoms with van der Waals surface area (Å²) < 4.78 is 4.93. The highest BCUT2D eigenvalue weighted by atomic mass is 16.5. The van der Waals surface area contributed by atoms with Gasteiger partial charge in [0.15, 0.2) is 0 Å². The number of amides is 1. The molecule has 0 atom stereocenters. The third-order valence-corrected chi connectivity index (χ3v) is 4.55. The fourth-order valence-corrected chi connectivity index (χ4v) is 2.97. The number of nitrogen functional groups attached to an aromatic ring is 1. The van der Waals surface area contributed by atoms with E-state index in [0.717, 1.165) is 16.7 Å². The van der Waals surface area contributed by atoms with Gasteiger partial charge in [-0.25, -0.2) is 0 Å². The van der Waals surface area contributed by atoms with Crippen molar-refractivity contribution >= 4 is 23.3 Å². The summed E-state index contributed by atoms with van der Waals surface area (Å²) in [6, 6.07) is 22.7. The van der Waals surface area contributed by atoms with Gasteiger partial charge in [-0.2, -0.15) is 0 Å². The Labute approximate surface area is 170 Å². The molecule has 0 aliphatic heterocycles. The van der Waals surface area contributed by atoms with Crippen molar-refractivity contribution in [2.45, 2.75) is 19.8 Å². The molecule has 1 amide bonds. The number of nitrogens with two attached hydrogens (primary N) is 1. The van der Waals surface area contributed by atoms with E-state index in [2.05, 4.69) is 5.32 Å². The normalized spacial score (nSPS) is 10.4. The van der Waals surface area contributed by atoms with Gasteiger partial charge >= 0.3 is 5.97 Å². The maximum Gasteiger partial charge on any atom is 0.306 e. The first-order chi connectivity index (χ1) is 14.1. The van der Waals surface area contributed by atoms with Gasteiger partial charge in [-0.1, -0.05) is 48.5 Å². The molecule has 3 rings (SSSR count). The van der Waals surface area contributed by atoms with Crippen LogP contribution in [0.25, 0.3) is 11.1 Å². The van der Waals surface area contributed by atoms with Crippen LogP contribution in [0.5, 0.6) is 0 Å². The minimum Gasteiger partial charge on any atom is -0.466 e. The Hall–Kier alpha value is -3.60. The summed E-state index contributed by atoms with van der Waals surface area (Å²) in [5, 5.41) is 2.89. The molecule has 0 aliphatic rings. The highest BCUT2D eigenvalue weighted by molar-refractivity contribution is 6.06. The Morgan fingerprint density at radius 1 is 0.931 bits per heavy atom. The van der Waals surface area contributed by atoms with E-state index in [0.29, 0.717) is 36.4 Å². The zero-order valence-corrected chi connectivity index (χ0v) is 16.4. The lowest BCUT2D eigenvalue weighted by Crippen LogP contribution is -2.13. The van der Waals surface area contributed by atoms with Crippen molar-refractivity contribution in [2.75, 3.05) is 17.7 Å². The van der Waals surface area contributed by atoms with E-state index in [-0.39, 0.29) is 11.9 Å². The predicted molar refractivity (Wildman–Crippen MR) is 116 cm³/mol. The van der Waals surface area contributed by atoms with Crippen molar-refractivity contribution in [1.29, 1.82) is 0 Å². The zero-order valence-electron chi connectivity index (χ0n) is 16.4. The standard InChI is InChI=1S/C24H24N2O3/c1-2-29-23(27)15-10-17-8-11-19(12-9-17)24(28)26-22-16-20(13-14-21(22)25)18-6-4-3-5-7-18/h3-9,11-14,16H,2,10,15,25H2,1H3,(H,26,28). The molecule has 5 nitrogen and oxygen atoms in total. The molecule has 29 heavy (non-hydrogen) atoms. The second-order valence-corrected chi connectivity index (χ2v) is 6.62. The van der Waals surface area contributed by atoms with Gasteiger partial charge in [0.1, 0.15) is 0 Å². The molecule has 0 radical (unpaired) electrons. The van der Waals surface area contributed by atoms with E-state index < -0.39 is 0 Å². The van der Waals surface area contributed by atoms with Gasteiger partial charge in [0.05, 0.1) is 18.0 Å². The van der Waals surface area contributed by atoms with Crippen LogP contribution in [0.3, 0.4) is 0 Å². The maximum atomic E-state index is 12.6. The Morgan fingerprint density at radius 2 is 1.66 bits per heavy atom. The second kappa shape index (κ2) is 9.55. The largest absolute Gasteiger partial charge is 0.466 e. The lowest BCUT2D eigenvalue weighted by molar-refractivity contribution is -0.143. The van der Waals surface area contributed by atoms with Gasteiger partial charge in [-0.3, -0.25) is 9.59 Å². The Bertz CT molecular complexity index is 983. The molecule has 0 aliphatic carbocycles. The third kappa shape index (κ3) is 5.45. The predicted octanol–water partition coefficient (Wildman–Crippen LogP) is 4.68. The molecule has 0 unspecified atom stereocenters. The van der Waals surface area contributed by atoms with Crippen LogP contribution in [0.4, 0.5) is 11.4 Å². The van der Waals surface area contributed by atoms with Gasteiger partial charge in [0, 0.05) is 12.0 Å². The van der Waals surface area contributed by atoms with Crippen molar-refractivity contribution in [3.8, 4) is 11.1 Å². The number of benzene rings is 3. The number of hydrogen-bond donors (Lipinski definition) is 2. The minimum absolute atomic E-state index is 0.219. The number of esters is 1. The SMILES string of the molecule is CCOC(=O)CCc1ccc(C(=O)Nc2cc(-c3ccccc3)ccc2N)cc1. The number of ether oxygens (including phenoxy) is 1. The average Bonchev–Trinajstić information content (AvgIpc) is 2.75. The number of rotatable bonds is 7. The number of anilines is 2. The van der Waals surface area contributed by atoms with Crippen molar-refractivity contribution in [3.63, 3.8) is 0 Å². The van der Waals surface area contributed by atoms with Crippen LogP contribution in [0.2, 0.25) is 0 Å². The first-order valence-electron chi connectivity index (χ1n) is 9.57. The summed E-state index contributed by atoms with van der Waals surface area (Å²) in [4.78, 5) is 24.1. The quantitative estimate of drug-likeness (QED) is 0.455. The van der Waals surface area contributed by atoms with Gasteiger partial charge in [0.2, 0.25) is 0 Å². The number of hydrogen-bond acceptors (Lipinski definition) is 4. The summed E-state index contributed by atoms with van der Waals surface area (Å²) in [6.45, 7) is 2.17. The fraction of sp³-hybridized carbons (Fsp3) is 0.167. The summed E-state index contributed by atoms with van der Waals surface area (Å²) in [7, 11) is 0. The first kappa shape index (κ1) is 20.1. The molecule has 3 N–H and O–H groups in total. The van der Waals surface area contributed by atoms with Crippen molar-refractivity contribution in [3.05, 3.63) is 83.9 Å². The lowest BCUT2D eigenvalue weighted by Gasteiger charge is -2.11. The average molecular weight is 388 g/mol. The summed E-state index contributed by atoms with van der Waals surface area (Å²) in [6.07, 6.45) is 0.898. The van der Waals surface area contributed by atoms with Crippen LogP contribution in [-0.2, 0) is 16.0 Å². The minimum atomic E-state index is -0.237. The van der Waals surface area contributed by atoms with Crippen LogP contribution >= 0.6 is 0 Å². The van der Waals surface area contributed by atoms with Gasteiger partial charge in [0.25, 0.3) is 5.91 Å². The van der Waals surface area contributed by atoms with Gasteiger partial charge in [-0.15, -0.1) is 0 Å². The van der Waals surface area contributed by atoms with E-state index >= 15 is 0 Å². The molecule has 3 aromatic rings. The topological polar surface area (TPSA) is 81.4 Å². The van der Waals surface area contributed by atoms with Crippen LogP contribution in [0.15, 0.2) is 72.8 Å². The van der Waals surface area contributed by atoms with Gasteiger partial charge < -0.3 is 15.8 Å². The Kier molecular flexibility index (Phi) is 6.63. The van der Waals surface area contributed by atoms with E-state index in [1.165, 1.54) is 0 Å². The van der Waals surface area contributed by atoms with E-state index in [9.17, 15) is 9.59 Å². The molecule has 5 heteroatoms. The number of aryl methyl sites for hydroxylation is 1. The van der Waals surface area contributed by atoms with Crippen LogP contribution in [0, 0.1) is 0 Å². The Balaban J connectivity index is 1.68. The number of nitrogens with one attached hydrogen (secondary N) is 1. The molecule has 0 bridgehead atoms. The number of carbonyl (C=O) groups excluding carboxylic acids is 2. The summed E-state index contributed by atoms with van der Waals surface area (Å²) in [5.41, 5.74) is 10.6. The molecule has 0 fully saturated rings. The van der Waals surface area contributed by atoms with Gasteiger partial charge in [-0.05, 0) is 54.3 Å². The fourth-order valence-electron chi connectivity index (χ4n) is 2.97.